The highest BCUT2D eigenvalue weighted by atomic mass is 32.1. The van der Waals surface area contributed by atoms with E-state index < -0.39 is 0 Å². The predicted molar refractivity (Wildman–Crippen MR) is 86.5 cm³/mol. The van der Waals surface area contributed by atoms with Crippen molar-refractivity contribution in [2.45, 2.75) is 13.0 Å². The third-order valence-electron chi connectivity index (χ3n) is 3.82. The molecule has 2 aromatic rings. The fourth-order valence-electron chi connectivity index (χ4n) is 2.61. The van der Waals surface area contributed by atoms with Gasteiger partial charge in [0.25, 0.3) is 5.91 Å². The second kappa shape index (κ2) is 6.28. The Labute approximate surface area is 128 Å². The third kappa shape index (κ3) is 3.25. The summed E-state index contributed by atoms with van der Waals surface area (Å²) in [5, 5.41) is 5.11. The van der Waals surface area contributed by atoms with Crippen LogP contribution in [0, 0.1) is 0 Å². The van der Waals surface area contributed by atoms with Gasteiger partial charge in [-0.3, -0.25) is 9.69 Å². The van der Waals surface area contributed by atoms with Crippen molar-refractivity contribution in [3.05, 3.63) is 51.7 Å². The molecule has 0 fully saturated rings. The van der Waals surface area contributed by atoms with Crippen LogP contribution in [0.1, 0.15) is 20.8 Å². The Morgan fingerprint density at radius 2 is 2.19 bits per heavy atom. The topological polar surface area (TPSA) is 58.4 Å². The van der Waals surface area contributed by atoms with Gasteiger partial charge in [-0.25, -0.2) is 0 Å². The third-order valence-corrected chi connectivity index (χ3v) is 4.77. The van der Waals surface area contributed by atoms with E-state index >= 15 is 0 Å². The minimum Gasteiger partial charge on any atom is -0.398 e. The number of anilines is 1. The molecule has 1 aromatic carbocycles. The highest BCUT2D eigenvalue weighted by Crippen LogP contribution is 2.23. The number of thiophene rings is 1. The molecule has 0 saturated carbocycles. The molecule has 1 aliphatic heterocycles. The number of fused-ring (bicyclic) bond motifs is 1. The molecule has 3 N–H and O–H groups in total. The Balaban J connectivity index is 1.49. The standard InChI is InChI=1S/C16H19N3OS/c17-14-4-2-1-3-13(14)16(20)18-7-9-19-8-5-12-6-10-21-15(12)11-19/h1-4,6,10H,5,7-9,11,17H2,(H,18,20). The molecule has 4 nitrogen and oxygen atoms in total. The number of nitrogens with one attached hydrogen (secondary N) is 1. The Kier molecular flexibility index (Phi) is 4.22. The summed E-state index contributed by atoms with van der Waals surface area (Å²) in [4.78, 5) is 15.9. The number of benzene rings is 1. The number of para-hydroxylation sites is 1. The van der Waals surface area contributed by atoms with Gasteiger partial charge in [0, 0.05) is 36.7 Å². The molecule has 0 aliphatic carbocycles. The predicted octanol–water partition coefficient (Wildman–Crippen LogP) is 2.12. The fourth-order valence-corrected chi connectivity index (χ4v) is 3.58. The Morgan fingerprint density at radius 3 is 3.05 bits per heavy atom. The molecule has 110 valence electrons. The van der Waals surface area contributed by atoms with Gasteiger partial charge in [0.15, 0.2) is 0 Å². The van der Waals surface area contributed by atoms with Gasteiger partial charge in [0.2, 0.25) is 0 Å². The van der Waals surface area contributed by atoms with Crippen LogP contribution >= 0.6 is 11.3 Å². The molecular weight excluding hydrogens is 282 g/mol. The summed E-state index contributed by atoms with van der Waals surface area (Å²) in [5.41, 5.74) is 8.37. The average molecular weight is 301 g/mol. The zero-order valence-corrected chi connectivity index (χ0v) is 12.7. The molecule has 3 rings (SSSR count). The van der Waals surface area contributed by atoms with Crippen LogP contribution in [0.5, 0.6) is 0 Å². The molecule has 0 unspecified atom stereocenters. The molecule has 0 spiro atoms. The minimum atomic E-state index is -0.0954. The molecule has 5 heteroatoms. The molecule has 2 heterocycles. The monoisotopic (exact) mass is 301 g/mol. The van der Waals surface area contributed by atoms with Gasteiger partial charge in [0.05, 0.1) is 5.56 Å². The number of nitrogen functional groups attached to an aromatic ring is 1. The van der Waals surface area contributed by atoms with Gasteiger partial charge in [-0.2, -0.15) is 0 Å². The average Bonchev–Trinajstić information content (AvgIpc) is 2.95. The summed E-state index contributed by atoms with van der Waals surface area (Å²) in [6.07, 6.45) is 1.11. The smallest absolute Gasteiger partial charge is 0.253 e. The van der Waals surface area contributed by atoms with E-state index in [-0.39, 0.29) is 5.91 Å². The molecule has 1 aliphatic rings. The van der Waals surface area contributed by atoms with Crippen molar-refractivity contribution < 1.29 is 4.79 Å². The number of carbonyl (C=O) groups is 1. The van der Waals surface area contributed by atoms with E-state index in [1.54, 1.807) is 12.1 Å². The van der Waals surface area contributed by atoms with E-state index in [1.165, 1.54) is 10.4 Å². The zero-order valence-electron chi connectivity index (χ0n) is 11.8. The fraction of sp³-hybridized carbons (Fsp3) is 0.312. The summed E-state index contributed by atoms with van der Waals surface area (Å²) in [6, 6.07) is 9.38. The molecule has 0 bridgehead atoms. The van der Waals surface area contributed by atoms with E-state index in [0.29, 0.717) is 17.8 Å². The highest BCUT2D eigenvalue weighted by molar-refractivity contribution is 7.10. The minimum absolute atomic E-state index is 0.0954. The number of carbonyl (C=O) groups excluding carboxylic acids is 1. The number of amides is 1. The van der Waals surface area contributed by atoms with Gasteiger partial charge in [-0.05, 0) is 35.6 Å². The molecule has 1 aromatic heterocycles. The summed E-state index contributed by atoms with van der Waals surface area (Å²) in [6.45, 7) is 3.58. The maximum absolute atomic E-state index is 12.1. The number of nitrogens with zero attached hydrogens (tertiary/aromatic N) is 1. The highest BCUT2D eigenvalue weighted by Gasteiger charge is 2.17. The van der Waals surface area contributed by atoms with Crippen LogP contribution in [0.25, 0.3) is 0 Å². The summed E-state index contributed by atoms with van der Waals surface area (Å²) in [5.74, 6) is -0.0954. The summed E-state index contributed by atoms with van der Waals surface area (Å²) >= 11 is 1.82. The number of nitrogens with two attached hydrogens (primary N) is 1. The van der Waals surface area contributed by atoms with Crippen LogP contribution in [0.15, 0.2) is 35.7 Å². The van der Waals surface area contributed by atoms with Crippen LogP contribution in [-0.4, -0.2) is 30.4 Å². The largest absolute Gasteiger partial charge is 0.398 e. The van der Waals surface area contributed by atoms with Gasteiger partial charge >= 0.3 is 0 Å². The number of rotatable bonds is 4. The van der Waals surface area contributed by atoms with Crippen LogP contribution in [-0.2, 0) is 13.0 Å². The molecule has 21 heavy (non-hydrogen) atoms. The summed E-state index contributed by atoms with van der Waals surface area (Å²) in [7, 11) is 0. The van der Waals surface area contributed by atoms with E-state index in [9.17, 15) is 4.79 Å². The maximum atomic E-state index is 12.1. The molecule has 0 atom stereocenters. The van der Waals surface area contributed by atoms with Crippen LogP contribution in [0.4, 0.5) is 5.69 Å². The van der Waals surface area contributed by atoms with Gasteiger partial charge in [0.1, 0.15) is 0 Å². The maximum Gasteiger partial charge on any atom is 0.253 e. The number of hydrogen-bond donors (Lipinski definition) is 2. The van der Waals surface area contributed by atoms with E-state index in [0.717, 1.165) is 26.1 Å². The first kappa shape index (κ1) is 14.1. The van der Waals surface area contributed by atoms with E-state index in [2.05, 4.69) is 21.7 Å². The van der Waals surface area contributed by atoms with Gasteiger partial charge in [-0.1, -0.05) is 12.1 Å². The molecular formula is C16H19N3OS. The van der Waals surface area contributed by atoms with Crippen LogP contribution < -0.4 is 11.1 Å². The second-order valence-electron chi connectivity index (χ2n) is 5.24. The Hall–Kier alpha value is -1.85. The lowest BCUT2D eigenvalue weighted by Gasteiger charge is -2.26. The van der Waals surface area contributed by atoms with E-state index in [1.807, 2.05) is 23.5 Å². The molecule has 1 amide bonds. The van der Waals surface area contributed by atoms with E-state index in [4.69, 9.17) is 5.73 Å². The van der Waals surface area contributed by atoms with Crippen molar-refractivity contribution in [2.75, 3.05) is 25.4 Å². The normalized spacial score (nSPS) is 14.7. The van der Waals surface area contributed by atoms with Gasteiger partial charge < -0.3 is 11.1 Å². The number of hydrogen-bond acceptors (Lipinski definition) is 4. The lowest BCUT2D eigenvalue weighted by molar-refractivity contribution is 0.0948. The van der Waals surface area contributed by atoms with Crippen molar-refractivity contribution in [3.63, 3.8) is 0 Å². The molecule has 0 saturated heterocycles. The lowest BCUT2D eigenvalue weighted by atomic mass is 10.1. The van der Waals surface area contributed by atoms with Crippen molar-refractivity contribution in [3.8, 4) is 0 Å². The van der Waals surface area contributed by atoms with Crippen molar-refractivity contribution >= 4 is 22.9 Å². The first-order valence-electron chi connectivity index (χ1n) is 7.14. The Morgan fingerprint density at radius 1 is 1.33 bits per heavy atom. The zero-order chi connectivity index (χ0) is 14.7. The molecule has 0 radical (unpaired) electrons. The van der Waals surface area contributed by atoms with Crippen LogP contribution in [0.2, 0.25) is 0 Å². The SMILES string of the molecule is Nc1ccccc1C(=O)NCCN1CCc2ccsc2C1. The second-order valence-corrected chi connectivity index (χ2v) is 6.24. The first-order chi connectivity index (χ1) is 10.2. The summed E-state index contributed by atoms with van der Waals surface area (Å²) < 4.78 is 0. The van der Waals surface area contributed by atoms with Crippen LogP contribution in [0.3, 0.4) is 0 Å². The van der Waals surface area contributed by atoms with Crippen molar-refractivity contribution in [1.29, 1.82) is 0 Å². The van der Waals surface area contributed by atoms with Crippen molar-refractivity contribution in [1.82, 2.24) is 10.2 Å². The first-order valence-corrected chi connectivity index (χ1v) is 8.02. The Bertz CT molecular complexity index is 638. The quantitative estimate of drug-likeness (QED) is 0.851. The van der Waals surface area contributed by atoms with Gasteiger partial charge in [-0.15, -0.1) is 11.3 Å². The van der Waals surface area contributed by atoms with Crippen molar-refractivity contribution in [2.24, 2.45) is 0 Å². The lowest BCUT2D eigenvalue weighted by Crippen LogP contribution is -2.37.